The lowest BCUT2D eigenvalue weighted by molar-refractivity contribution is 0.00841. The molecule has 31 heavy (non-hydrogen) atoms. The SMILES string of the molecule is CC(C)(C)C1C(n2cc(C(N)=O)c(Nc3ccc(F)cc3)n2)C(C#N)CCN1C(=O)O. The van der Waals surface area contributed by atoms with E-state index in [-0.39, 0.29) is 17.9 Å². The van der Waals surface area contributed by atoms with Gasteiger partial charge >= 0.3 is 6.09 Å². The summed E-state index contributed by atoms with van der Waals surface area (Å²) in [5.74, 6) is -1.51. The molecule has 3 unspecified atom stereocenters. The third-order valence-corrected chi connectivity index (χ3v) is 5.46. The highest BCUT2D eigenvalue weighted by Crippen LogP contribution is 2.42. The van der Waals surface area contributed by atoms with Gasteiger partial charge in [0.1, 0.15) is 11.4 Å². The van der Waals surface area contributed by atoms with E-state index in [9.17, 15) is 24.3 Å². The fourth-order valence-corrected chi connectivity index (χ4v) is 4.14. The number of hydrogen-bond donors (Lipinski definition) is 3. The maximum absolute atomic E-state index is 13.2. The molecular formula is C21H25FN6O3. The molecule has 2 aromatic rings. The Balaban J connectivity index is 2.09. The van der Waals surface area contributed by atoms with Gasteiger partial charge in [-0.05, 0) is 36.1 Å². The van der Waals surface area contributed by atoms with Crippen LogP contribution in [0.3, 0.4) is 0 Å². The predicted molar refractivity (Wildman–Crippen MR) is 111 cm³/mol. The molecule has 4 N–H and O–H groups in total. The Bertz CT molecular complexity index is 1020. The standard InChI is InChI=1S/C21H25FN6O3/c1-21(2,3)17-16(12(10-23)8-9-27(17)20(30)31)28-11-15(18(24)29)19(26-28)25-14-6-4-13(22)5-7-14/h4-7,11-12,16-17H,8-9H2,1-3H3,(H2,24,29)(H,25,26)(H,30,31). The Kier molecular flexibility index (Phi) is 5.88. The fraction of sp³-hybridized carbons (Fsp3) is 0.429. The highest BCUT2D eigenvalue weighted by Gasteiger charge is 2.48. The van der Waals surface area contributed by atoms with Gasteiger partial charge in [0.2, 0.25) is 0 Å². The molecule has 0 aliphatic carbocycles. The summed E-state index contributed by atoms with van der Waals surface area (Å²) in [6.07, 6.45) is 0.702. The topological polar surface area (TPSA) is 137 Å². The van der Waals surface area contributed by atoms with Gasteiger partial charge in [0.15, 0.2) is 5.82 Å². The van der Waals surface area contributed by atoms with Gasteiger partial charge in [0.05, 0.1) is 24.1 Å². The van der Waals surface area contributed by atoms with E-state index in [1.807, 2.05) is 20.8 Å². The van der Waals surface area contributed by atoms with Crippen LogP contribution in [0.1, 0.15) is 43.6 Å². The number of likely N-dealkylation sites (tertiary alicyclic amines) is 1. The van der Waals surface area contributed by atoms with Crippen LogP contribution in [0.25, 0.3) is 0 Å². The van der Waals surface area contributed by atoms with Crippen molar-refractivity contribution in [3.8, 4) is 6.07 Å². The van der Waals surface area contributed by atoms with E-state index >= 15 is 0 Å². The van der Waals surface area contributed by atoms with Gasteiger partial charge in [-0.1, -0.05) is 20.8 Å². The smallest absolute Gasteiger partial charge is 0.407 e. The normalized spacial score (nSPS) is 21.4. The third-order valence-electron chi connectivity index (χ3n) is 5.46. The summed E-state index contributed by atoms with van der Waals surface area (Å²) in [6, 6.07) is 6.57. The first-order chi connectivity index (χ1) is 14.5. The second-order valence-electron chi connectivity index (χ2n) is 8.67. The maximum Gasteiger partial charge on any atom is 0.407 e. The predicted octanol–water partition coefficient (Wildman–Crippen LogP) is 3.34. The van der Waals surface area contributed by atoms with E-state index in [0.29, 0.717) is 12.1 Å². The first-order valence-electron chi connectivity index (χ1n) is 9.83. The molecule has 2 heterocycles. The summed E-state index contributed by atoms with van der Waals surface area (Å²) < 4.78 is 14.7. The number of piperidine rings is 1. The molecule has 1 aromatic carbocycles. The van der Waals surface area contributed by atoms with Crippen molar-refractivity contribution in [2.24, 2.45) is 17.1 Å². The number of carboxylic acid groups (broad SMARTS) is 1. The number of nitriles is 1. The molecule has 1 aliphatic rings. The molecule has 1 saturated heterocycles. The van der Waals surface area contributed by atoms with Crippen LogP contribution in [0.5, 0.6) is 0 Å². The minimum absolute atomic E-state index is 0.0844. The van der Waals surface area contributed by atoms with Crippen molar-refractivity contribution >= 4 is 23.5 Å². The summed E-state index contributed by atoms with van der Waals surface area (Å²) in [5, 5.41) is 27.0. The van der Waals surface area contributed by atoms with Gasteiger partial charge in [-0.15, -0.1) is 0 Å². The van der Waals surface area contributed by atoms with Crippen LogP contribution in [-0.2, 0) is 0 Å². The highest BCUT2D eigenvalue weighted by molar-refractivity contribution is 5.98. The number of primary amides is 1. The summed E-state index contributed by atoms with van der Waals surface area (Å²) in [5.41, 5.74) is 5.60. The molecule has 0 radical (unpaired) electrons. The summed E-state index contributed by atoms with van der Waals surface area (Å²) in [4.78, 5) is 25.3. The average molecular weight is 428 g/mol. The van der Waals surface area contributed by atoms with Crippen molar-refractivity contribution in [3.05, 3.63) is 41.8 Å². The van der Waals surface area contributed by atoms with Crippen molar-refractivity contribution in [3.63, 3.8) is 0 Å². The van der Waals surface area contributed by atoms with Gasteiger partial charge < -0.3 is 21.1 Å². The molecule has 1 aromatic heterocycles. The monoisotopic (exact) mass is 428 g/mol. The fourth-order valence-electron chi connectivity index (χ4n) is 4.14. The number of hydrogen-bond acceptors (Lipinski definition) is 5. The van der Waals surface area contributed by atoms with Crippen LogP contribution in [0, 0.1) is 28.5 Å². The Morgan fingerprint density at radius 2 is 1.97 bits per heavy atom. The maximum atomic E-state index is 13.2. The largest absolute Gasteiger partial charge is 0.465 e. The van der Waals surface area contributed by atoms with E-state index < -0.39 is 41.2 Å². The Morgan fingerprint density at radius 3 is 2.48 bits per heavy atom. The second kappa shape index (κ2) is 8.26. The van der Waals surface area contributed by atoms with E-state index in [1.165, 1.54) is 40.0 Å². The number of carbonyl (C=O) groups excluding carboxylic acids is 1. The summed E-state index contributed by atoms with van der Waals surface area (Å²) in [6.45, 7) is 5.93. The van der Waals surface area contributed by atoms with Crippen LogP contribution in [0.2, 0.25) is 0 Å². The zero-order valence-electron chi connectivity index (χ0n) is 17.5. The zero-order valence-corrected chi connectivity index (χ0v) is 17.5. The molecule has 9 nitrogen and oxygen atoms in total. The molecule has 1 aliphatic heterocycles. The molecule has 1 fully saturated rings. The minimum Gasteiger partial charge on any atom is -0.465 e. The number of halogens is 1. The van der Waals surface area contributed by atoms with Crippen LogP contribution in [0.15, 0.2) is 30.5 Å². The molecule has 0 saturated carbocycles. The Labute approximate surface area is 179 Å². The zero-order chi connectivity index (χ0) is 22.9. The number of benzene rings is 1. The van der Waals surface area contributed by atoms with E-state index in [2.05, 4.69) is 16.5 Å². The molecule has 10 heteroatoms. The third kappa shape index (κ3) is 4.45. The van der Waals surface area contributed by atoms with Crippen molar-refractivity contribution in [2.75, 3.05) is 11.9 Å². The van der Waals surface area contributed by atoms with Crippen LogP contribution >= 0.6 is 0 Å². The number of nitrogens with one attached hydrogen (secondary N) is 1. The number of anilines is 2. The highest BCUT2D eigenvalue weighted by atomic mass is 19.1. The lowest BCUT2D eigenvalue weighted by Crippen LogP contribution is -2.57. The average Bonchev–Trinajstić information content (AvgIpc) is 3.11. The van der Waals surface area contributed by atoms with E-state index in [4.69, 9.17) is 5.73 Å². The van der Waals surface area contributed by atoms with Crippen molar-refractivity contribution in [2.45, 2.75) is 39.3 Å². The van der Waals surface area contributed by atoms with E-state index in [1.54, 1.807) is 0 Å². The molecule has 0 spiro atoms. The van der Waals surface area contributed by atoms with Gasteiger partial charge in [-0.3, -0.25) is 9.48 Å². The number of nitrogens with zero attached hydrogens (tertiary/aromatic N) is 4. The lowest BCUT2D eigenvalue weighted by Gasteiger charge is -2.48. The van der Waals surface area contributed by atoms with Crippen molar-refractivity contribution < 1.29 is 19.1 Å². The van der Waals surface area contributed by atoms with Gasteiger partial charge in [0.25, 0.3) is 5.91 Å². The quantitative estimate of drug-likeness (QED) is 0.683. The van der Waals surface area contributed by atoms with Gasteiger partial charge in [0, 0.05) is 18.4 Å². The second-order valence-corrected chi connectivity index (χ2v) is 8.67. The van der Waals surface area contributed by atoms with Crippen LogP contribution in [0.4, 0.5) is 20.7 Å². The summed E-state index contributed by atoms with van der Waals surface area (Å²) >= 11 is 0. The lowest BCUT2D eigenvalue weighted by atomic mass is 9.74. The molecule has 3 atom stereocenters. The number of nitrogens with two attached hydrogens (primary N) is 1. The molecular weight excluding hydrogens is 403 g/mol. The van der Waals surface area contributed by atoms with Crippen LogP contribution in [-0.4, -0.2) is 44.4 Å². The van der Waals surface area contributed by atoms with Crippen molar-refractivity contribution in [1.29, 1.82) is 5.26 Å². The minimum atomic E-state index is -1.08. The van der Waals surface area contributed by atoms with E-state index in [0.717, 1.165) is 0 Å². The first kappa shape index (κ1) is 22.1. The van der Waals surface area contributed by atoms with Gasteiger partial charge in [-0.25, -0.2) is 9.18 Å². The molecule has 3 rings (SSSR count). The Morgan fingerprint density at radius 1 is 1.32 bits per heavy atom. The number of amides is 2. The number of carbonyl (C=O) groups is 2. The van der Waals surface area contributed by atoms with Gasteiger partial charge in [-0.2, -0.15) is 10.4 Å². The number of aromatic nitrogens is 2. The first-order valence-corrected chi connectivity index (χ1v) is 9.83. The van der Waals surface area contributed by atoms with Crippen molar-refractivity contribution in [1.82, 2.24) is 14.7 Å². The summed E-state index contributed by atoms with van der Waals surface area (Å²) in [7, 11) is 0. The van der Waals surface area contributed by atoms with Crippen LogP contribution < -0.4 is 11.1 Å². The molecule has 2 amide bonds. The Hall–Kier alpha value is -3.61. The number of rotatable bonds is 4. The molecule has 164 valence electrons. The molecule has 0 bridgehead atoms.